The van der Waals surface area contributed by atoms with Crippen LogP contribution in [0.5, 0.6) is 0 Å². The predicted octanol–water partition coefficient (Wildman–Crippen LogP) is 4.17. The minimum Gasteiger partial charge on any atom is -0.0916 e. The van der Waals surface area contributed by atoms with Gasteiger partial charge in [-0.3, -0.25) is 0 Å². The molecule has 0 rings (SSSR count). The Morgan fingerprint density at radius 3 is 2.36 bits per heavy atom. The fourth-order valence-corrected chi connectivity index (χ4v) is 1.19. The van der Waals surface area contributed by atoms with E-state index in [2.05, 4.69) is 39.8 Å². The first-order valence-electron chi connectivity index (χ1n) is 4.73. The highest BCUT2D eigenvalue weighted by Gasteiger charge is 2.14. The van der Waals surface area contributed by atoms with Gasteiger partial charge >= 0.3 is 0 Å². The van der Waals surface area contributed by atoms with Crippen molar-refractivity contribution < 1.29 is 0 Å². The van der Waals surface area contributed by atoms with Crippen molar-refractivity contribution in [3.05, 3.63) is 12.2 Å². The molecule has 66 valence electrons. The van der Waals surface area contributed by atoms with Crippen LogP contribution in [-0.2, 0) is 0 Å². The van der Waals surface area contributed by atoms with Crippen LogP contribution in [0, 0.1) is 5.41 Å². The molecule has 0 unspecified atom stereocenters. The topological polar surface area (TPSA) is 0 Å². The van der Waals surface area contributed by atoms with Gasteiger partial charge in [0, 0.05) is 0 Å². The molecule has 0 aliphatic rings. The summed E-state index contributed by atoms with van der Waals surface area (Å²) in [5.74, 6) is 0. The average molecular weight is 154 g/mol. The molecule has 0 fully saturated rings. The van der Waals surface area contributed by atoms with Gasteiger partial charge in [0.1, 0.15) is 0 Å². The number of rotatable bonds is 5. The first kappa shape index (κ1) is 10.7. The molecular formula is C11H22. The molecule has 0 atom stereocenters. The Hall–Kier alpha value is -0.260. The van der Waals surface area contributed by atoms with Gasteiger partial charge in [-0.1, -0.05) is 45.8 Å². The minimum absolute atomic E-state index is 0.516. The number of unbranched alkanes of at least 4 members (excludes halogenated alkanes) is 1. The molecule has 0 saturated heterocycles. The summed E-state index contributed by atoms with van der Waals surface area (Å²) in [6.07, 6.45) is 9.69. The van der Waals surface area contributed by atoms with E-state index in [1.807, 2.05) is 0 Å². The van der Waals surface area contributed by atoms with E-state index in [1.54, 1.807) is 0 Å². The fourth-order valence-electron chi connectivity index (χ4n) is 1.19. The summed E-state index contributed by atoms with van der Waals surface area (Å²) in [6, 6.07) is 0. The monoisotopic (exact) mass is 154 g/mol. The lowest BCUT2D eigenvalue weighted by atomic mass is 9.84. The van der Waals surface area contributed by atoms with Crippen molar-refractivity contribution >= 4 is 0 Å². The third kappa shape index (κ3) is 6.15. The van der Waals surface area contributed by atoms with Crippen LogP contribution in [0.1, 0.15) is 53.4 Å². The molecule has 0 amide bonds. The lowest BCUT2D eigenvalue weighted by Crippen LogP contribution is -2.09. The molecule has 0 saturated carbocycles. The second-order valence-corrected chi connectivity index (χ2v) is 4.04. The van der Waals surface area contributed by atoms with Gasteiger partial charge < -0.3 is 0 Å². The van der Waals surface area contributed by atoms with Gasteiger partial charge in [-0.15, -0.1) is 0 Å². The molecule has 11 heavy (non-hydrogen) atoms. The van der Waals surface area contributed by atoms with Crippen molar-refractivity contribution in [1.82, 2.24) is 0 Å². The van der Waals surface area contributed by atoms with Gasteiger partial charge in [-0.2, -0.15) is 0 Å². The fraction of sp³-hybridized carbons (Fsp3) is 0.818. The van der Waals surface area contributed by atoms with Crippen LogP contribution in [0.2, 0.25) is 0 Å². The third-order valence-corrected chi connectivity index (χ3v) is 2.11. The number of hydrogen-bond acceptors (Lipinski definition) is 0. The molecule has 0 spiro atoms. The highest BCUT2D eigenvalue weighted by Crippen LogP contribution is 2.27. The summed E-state index contributed by atoms with van der Waals surface area (Å²) < 4.78 is 0. The van der Waals surface area contributed by atoms with Crippen LogP contribution < -0.4 is 0 Å². The molecule has 0 aliphatic carbocycles. The van der Waals surface area contributed by atoms with Crippen molar-refractivity contribution in [1.29, 1.82) is 0 Å². The smallest absolute Gasteiger partial charge is 0.0299 e. The van der Waals surface area contributed by atoms with E-state index in [0.29, 0.717) is 5.41 Å². The van der Waals surface area contributed by atoms with E-state index < -0.39 is 0 Å². The summed E-state index contributed by atoms with van der Waals surface area (Å²) in [4.78, 5) is 0. The van der Waals surface area contributed by atoms with Gasteiger partial charge in [0.25, 0.3) is 0 Å². The highest BCUT2D eigenvalue weighted by atomic mass is 14.2. The maximum absolute atomic E-state index is 2.35. The molecule has 0 aromatic heterocycles. The van der Waals surface area contributed by atoms with Gasteiger partial charge in [0.15, 0.2) is 0 Å². The normalized spacial score (nSPS) is 12.7. The lowest BCUT2D eigenvalue weighted by Gasteiger charge is -2.22. The Morgan fingerprint density at radius 2 is 1.91 bits per heavy atom. The Kier molecular flexibility index (Phi) is 5.27. The van der Waals surface area contributed by atoms with E-state index in [4.69, 9.17) is 0 Å². The standard InChI is InChI=1S/C11H22/c1-5-7-9-11(3,4)10-8-6-2/h5,7H,6,8-10H2,1-4H3/b7-5+. The second kappa shape index (κ2) is 5.40. The molecular weight excluding hydrogens is 132 g/mol. The molecule has 0 aliphatic heterocycles. The third-order valence-electron chi connectivity index (χ3n) is 2.11. The zero-order chi connectivity index (χ0) is 8.74. The van der Waals surface area contributed by atoms with Gasteiger partial charge in [-0.05, 0) is 25.2 Å². The van der Waals surface area contributed by atoms with Crippen molar-refractivity contribution in [2.45, 2.75) is 53.4 Å². The molecule has 0 heterocycles. The molecule has 0 aromatic carbocycles. The van der Waals surface area contributed by atoms with E-state index in [9.17, 15) is 0 Å². The molecule has 0 N–H and O–H groups in total. The maximum atomic E-state index is 2.35. The first-order valence-corrected chi connectivity index (χ1v) is 4.73. The van der Waals surface area contributed by atoms with Gasteiger partial charge in [0.05, 0.1) is 0 Å². The summed E-state index contributed by atoms with van der Waals surface area (Å²) in [5.41, 5.74) is 0.516. The van der Waals surface area contributed by atoms with Gasteiger partial charge in [0.2, 0.25) is 0 Å². The summed E-state index contributed by atoms with van der Waals surface area (Å²) >= 11 is 0. The average Bonchev–Trinajstić information content (AvgIpc) is 1.97. The summed E-state index contributed by atoms with van der Waals surface area (Å²) in [6.45, 7) is 9.05. The van der Waals surface area contributed by atoms with Crippen LogP contribution in [0.25, 0.3) is 0 Å². The summed E-state index contributed by atoms with van der Waals surface area (Å²) in [7, 11) is 0. The zero-order valence-electron chi connectivity index (χ0n) is 8.48. The van der Waals surface area contributed by atoms with Crippen molar-refractivity contribution in [2.75, 3.05) is 0 Å². The quantitative estimate of drug-likeness (QED) is 0.521. The van der Waals surface area contributed by atoms with Crippen molar-refractivity contribution in [2.24, 2.45) is 5.41 Å². The van der Waals surface area contributed by atoms with E-state index in [-0.39, 0.29) is 0 Å². The summed E-state index contributed by atoms with van der Waals surface area (Å²) in [5, 5.41) is 0. The number of hydrogen-bond donors (Lipinski definition) is 0. The van der Waals surface area contributed by atoms with E-state index in [0.717, 1.165) is 0 Å². The van der Waals surface area contributed by atoms with Crippen LogP contribution >= 0.6 is 0 Å². The number of allylic oxidation sites excluding steroid dienone is 2. The Bertz CT molecular complexity index is 109. The largest absolute Gasteiger partial charge is 0.0916 e. The molecule has 0 nitrogen and oxygen atoms in total. The van der Waals surface area contributed by atoms with Crippen molar-refractivity contribution in [3.63, 3.8) is 0 Å². The van der Waals surface area contributed by atoms with E-state index >= 15 is 0 Å². The second-order valence-electron chi connectivity index (χ2n) is 4.04. The van der Waals surface area contributed by atoms with Crippen LogP contribution in [0.4, 0.5) is 0 Å². The van der Waals surface area contributed by atoms with Gasteiger partial charge in [-0.25, -0.2) is 0 Å². The Morgan fingerprint density at radius 1 is 1.27 bits per heavy atom. The highest BCUT2D eigenvalue weighted by molar-refractivity contribution is 4.84. The Labute approximate surface area is 71.7 Å². The molecule has 0 radical (unpaired) electrons. The van der Waals surface area contributed by atoms with Crippen LogP contribution in [-0.4, -0.2) is 0 Å². The van der Waals surface area contributed by atoms with Crippen LogP contribution in [0.3, 0.4) is 0 Å². The minimum atomic E-state index is 0.516. The Balaban J connectivity index is 3.60. The SMILES string of the molecule is C/C=C/CC(C)(C)CCCC. The first-order chi connectivity index (χ1) is 5.12. The molecule has 0 heteroatoms. The zero-order valence-corrected chi connectivity index (χ0v) is 8.48. The van der Waals surface area contributed by atoms with Crippen molar-refractivity contribution in [3.8, 4) is 0 Å². The molecule has 0 aromatic rings. The predicted molar refractivity (Wildman–Crippen MR) is 52.7 cm³/mol. The van der Waals surface area contributed by atoms with Crippen LogP contribution in [0.15, 0.2) is 12.2 Å². The molecule has 0 bridgehead atoms. The maximum Gasteiger partial charge on any atom is -0.0299 e. The lowest BCUT2D eigenvalue weighted by molar-refractivity contribution is 0.328. The van der Waals surface area contributed by atoms with E-state index in [1.165, 1.54) is 25.7 Å².